The van der Waals surface area contributed by atoms with Gasteiger partial charge in [-0.1, -0.05) is 6.92 Å². The van der Waals surface area contributed by atoms with Gasteiger partial charge >= 0.3 is 0 Å². The van der Waals surface area contributed by atoms with Crippen molar-refractivity contribution in [3.63, 3.8) is 0 Å². The zero-order valence-corrected chi connectivity index (χ0v) is 14.9. The van der Waals surface area contributed by atoms with E-state index in [4.69, 9.17) is 0 Å². The van der Waals surface area contributed by atoms with Crippen molar-refractivity contribution < 1.29 is 0 Å². The van der Waals surface area contributed by atoms with Crippen molar-refractivity contribution in [3.05, 3.63) is 16.1 Å². The number of aromatic nitrogens is 1. The second kappa shape index (κ2) is 9.10. The van der Waals surface area contributed by atoms with Crippen LogP contribution in [0.2, 0.25) is 0 Å². The van der Waals surface area contributed by atoms with Gasteiger partial charge in [0, 0.05) is 43.2 Å². The molecule has 0 bridgehead atoms. The summed E-state index contributed by atoms with van der Waals surface area (Å²) in [4.78, 5) is 12.9. The number of likely N-dealkylation sites (N-methyl/N-ethyl adjacent to an activating group) is 1. The first-order valence-electron chi connectivity index (χ1n) is 8.40. The van der Waals surface area contributed by atoms with Gasteiger partial charge in [0.2, 0.25) is 0 Å². The minimum atomic E-state index is 0.823. The molecule has 1 aliphatic rings. The number of nitrogens with zero attached hydrogens (tertiary/aromatic N) is 3. The van der Waals surface area contributed by atoms with E-state index in [1.54, 1.807) is 11.3 Å². The van der Waals surface area contributed by atoms with Crippen LogP contribution in [0.3, 0.4) is 0 Å². The molecule has 2 rings (SSSR count). The molecule has 1 saturated carbocycles. The van der Waals surface area contributed by atoms with Crippen molar-refractivity contribution in [2.45, 2.75) is 46.1 Å². The Balaban J connectivity index is 1.71. The van der Waals surface area contributed by atoms with Gasteiger partial charge in [0.15, 0.2) is 5.96 Å². The summed E-state index contributed by atoms with van der Waals surface area (Å²) in [5, 5.41) is 7.90. The molecule has 22 heavy (non-hydrogen) atoms. The summed E-state index contributed by atoms with van der Waals surface area (Å²) < 4.78 is 0. The molecule has 6 heteroatoms. The Morgan fingerprint density at radius 3 is 2.82 bits per heavy atom. The molecule has 5 nitrogen and oxygen atoms in total. The van der Waals surface area contributed by atoms with E-state index >= 15 is 0 Å². The van der Waals surface area contributed by atoms with Crippen LogP contribution in [-0.2, 0) is 6.42 Å². The highest BCUT2D eigenvalue weighted by Crippen LogP contribution is 2.25. The Hall–Kier alpha value is -1.14. The van der Waals surface area contributed by atoms with Crippen LogP contribution in [0.25, 0.3) is 0 Å². The maximum absolute atomic E-state index is 4.68. The second-order valence-corrected chi connectivity index (χ2v) is 6.98. The van der Waals surface area contributed by atoms with Crippen LogP contribution in [0.4, 0.5) is 0 Å². The number of thiazole rings is 1. The normalized spacial score (nSPS) is 15.4. The summed E-state index contributed by atoms with van der Waals surface area (Å²) in [7, 11) is 0. The minimum absolute atomic E-state index is 0.823. The average Bonchev–Trinajstić information content (AvgIpc) is 3.26. The molecule has 1 heterocycles. The first-order chi connectivity index (χ1) is 10.7. The lowest BCUT2D eigenvalue weighted by molar-refractivity contribution is 0.286. The largest absolute Gasteiger partial charge is 0.357 e. The lowest BCUT2D eigenvalue weighted by atomic mass is 10.4. The van der Waals surface area contributed by atoms with E-state index in [9.17, 15) is 0 Å². The minimum Gasteiger partial charge on any atom is -0.357 e. The van der Waals surface area contributed by atoms with E-state index in [0.717, 1.165) is 51.1 Å². The quantitative estimate of drug-likeness (QED) is 0.539. The van der Waals surface area contributed by atoms with E-state index in [1.165, 1.54) is 22.7 Å². The summed E-state index contributed by atoms with van der Waals surface area (Å²) >= 11 is 1.77. The molecular formula is C16H29N5S. The number of rotatable bonds is 9. The first-order valence-corrected chi connectivity index (χ1v) is 9.22. The van der Waals surface area contributed by atoms with Crippen molar-refractivity contribution in [2.24, 2.45) is 4.99 Å². The maximum atomic E-state index is 4.68. The Bertz CT molecular complexity index is 467. The third-order valence-electron chi connectivity index (χ3n) is 3.77. The summed E-state index contributed by atoms with van der Waals surface area (Å²) in [6, 6.07) is 0.823. The average molecular weight is 324 g/mol. The summed E-state index contributed by atoms with van der Waals surface area (Å²) in [6.45, 7) is 11.2. The molecule has 0 aromatic carbocycles. The van der Waals surface area contributed by atoms with Gasteiger partial charge in [0.25, 0.3) is 0 Å². The molecule has 0 spiro atoms. The molecule has 0 radical (unpaired) electrons. The second-order valence-electron chi connectivity index (χ2n) is 5.66. The lowest BCUT2D eigenvalue weighted by Gasteiger charge is -2.18. The Morgan fingerprint density at radius 1 is 1.41 bits per heavy atom. The van der Waals surface area contributed by atoms with E-state index in [0.29, 0.717) is 0 Å². The maximum Gasteiger partial charge on any atom is 0.191 e. The SMILES string of the molecule is CCNC(=NCCN(CC)C1CC1)NCCc1ncc(C)s1. The van der Waals surface area contributed by atoms with Gasteiger partial charge in [-0.25, -0.2) is 4.98 Å². The molecule has 0 unspecified atom stereocenters. The van der Waals surface area contributed by atoms with Crippen molar-refractivity contribution in [1.82, 2.24) is 20.5 Å². The fraction of sp³-hybridized carbons (Fsp3) is 0.750. The molecule has 0 aliphatic heterocycles. The van der Waals surface area contributed by atoms with E-state index in [1.807, 2.05) is 6.20 Å². The fourth-order valence-corrected chi connectivity index (χ4v) is 3.26. The number of hydrogen-bond acceptors (Lipinski definition) is 4. The third kappa shape index (κ3) is 5.93. The highest BCUT2D eigenvalue weighted by atomic mass is 32.1. The van der Waals surface area contributed by atoms with Crippen LogP contribution in [0.15, 0.2) is 11.2 Å². The lowest BCUT2D eigenvalue weighted by Crippen LogP contribution is -2.39. The van der Waals surface area contributed by atoms with Crippen LogP contribution < -0.4 is 10.6 Å². The van der Waals surface area contributed by atoms with Gasteiger partial charge in [-0.05, 0) is 33.2 Å². The molecule has 1 fully saturated rings. The summed E-state index contributed by atoms with van der Waals surface area (Å²) in [6.07, 6.45) is 5.62. The van der Waals surface area contributed by atoms with Gasteiger partial charge in [-0.3, -0.25) is 9.89 Å². The molecule has 0 saturated heterocycles. The Kier molecular flexibility index (Phi) is 7.12. The van der Waals surface area contributed by atoms with E-state index in [-0.39, 0.29) is 0 Å². The Labute approximate surface area is 138 Å². The van der Waals surface area contributed by atoms with Crippen LogP contribution in [0, 0.1) is 6.92 Å². The predicted molar refractivity (Wildman–Crippen MR) is 94.8 cm³/mol. The molecule has 0 atom stereocenters. The van der Waals surface area contributed by atoms with Crippen molar-refractivity contribution in [1.29, 1.82) is 0 Å². The smallest absolute Gasteiger partial charge is 0.191 e. The zero-order chi connectivity index (χ0) is 15.8. The van der Waals surface area contributed by atoms with E-state index < -0.39 is 0 Å². The van der Waals surface area contributed by atoms with Crippen molar-refractivity contribution in [2.75, 3.05) is 32.7 Å². The van der Waals surface area contributed by atoms with Crippen molar-refractivity contribution in [3.8, 4) is 0 Å². The van der Waals surface area contributed by atoms with Gasteiger partial charge in [-0.15, -0.1) is 11.3 Å². The van der Waals surface area contributed by atoms with Gasteiger partial charge < -0.3 is 10.6 Å². The molecule has 0 amide bonds. The summed E-state index contributed by atoms with van der Waals surface area (Å²) in [5.41, 5.74) is 0. The number of aryl methyl sites for hydroxylation is 1. The molecule has 1 aromatic heterocycles. The number of hydrogen-bond donors (Lipinski definition) is 2. The van der Waals surface area contributed by atoms with Crippen LogP contribution in [0.5, 0.6) is 0 Å². The standard InChI is InChI=1S/C16H29N5S/c1-4-17-16(18-9-8-15-20-12-13(3)22-15)19-10-11-21(5-2)14-6-7-14/h12,14H,4-11H2,1-3H3,(H2,17,18,19). The van der Waals surface area contributed by atoms with Crippen LogP contribution >= 0.6 is 11.3 Å². The molecule has 2 N–H and O–H groups in total. The van der Waals surface area contributed by atoms with Crippen LogP contribution in [0.1, 0.15) is 36.6 Å². The number of guanidine groups is 1. The topological polar surface area (TPSA) is 52.6 Å². The zero-order valence-electron chi connectivity index (χ0n) is 14.1. The molecular weight excluding hydrogens is 294 g/mol. The first kappa shape index (κ1) is 17.2. The van der Waals surface area contributed by atoms with Crippen molar-refractivity contribution >= 4 is 17.3 Å². The van der Waals surface area contributed by atoms with Crippen LogP contribution in [-0.4, -0.2) is 54.6 Å². The van der Waals surface area contributed by atoms with Gasteiger partial charge in [0.05, 0.1) is 11.6 Å². The van der Waals surface area contributed by atoms with Gasteiger partial charge in [-0.2, -0.15) is 0 Å². The highest BCUT2D eigenvalue weighted by molar-refractivity contribution is 7.11. The molecule has 124 valence electrons. The monoisotopic (exact) mass is 323 g/mol. The molecule has 1 aliphatic carbocycles. The predicted octanol–water partition coefficient (Wildman–Crippen LogP) is 2.03. The molecule has 1 aromatic rings. The number of nitrogens with one attached hydrogen (secondary N) is 2. The number of aliphatic imine (C=N–C) groups is 1. The Morgan fingerprint density at radius 2 is 2.23 bits per heavy atom. The van der Waals surface area contributed by atoms with Gasteiger partial charge in [0.1, 0.15) is 0 Å². The van der Waals surface area contributed by atoms with E-state index in [2.05, 4.69) is 46.3 Å². The highest BCUT2D eigenvalue weighted by Gasteiger charge is 2.27. The third-order valence-corrected chi connectivity index (χ3v) is 4.74. The fourth-order valence-electron chi connectivity index (χ4n) is 2.48. The summed E-state index contributed by atoms with van der Waals surface area (Å²) in [5.74, 6) is 0.919.